The summed E-state index contributed by atoms with van der Waals surface area (Å²) in [4.78, 5) is -0.582. The quantitative estimate of drug-likeness (QED) is 0.0858. The van der Waals surface area contributed by atoms with Gasteiger partial charge in [-0.25, -0.2) is 0 Å². The van der Waals surface area contributed by atoms with Crippen molar-refractivity contribution < 1.29 is 183 Å². The lowest BCUT2D eigenvalue weighted by atomic mass is 9.94. The molecule has 628 valence electrons. The van der Waals surface area contributed by atoms with Crippen LogP contribution >= 0.6 is 0 Å². The first kappa shape index (κ1) is 87.8. The van der Waals surface area contributed by atoms with E-state index in [2.05, 4.69) is 0 Å². The molecule has 16 fully saturated rings. The van der Waals surface area contributed by atoms with Crippen LogP contribution < -0.4 is 0 Å². The van der Waals surface area contributed by atoms with E-state index in [0.717, 1.165) is 0 Å². The van der Waals surface area contributed by atoms with Crippen LogP contribution in [-0.4, -0.2) is 403 Å². The van der Waals surface area contributed by atoms with E-state index < -0.39 is 281 Å². The van der Waals surface area contributed by atoms with Gasteiger partial charge in [0.15, 0.2) is 44.0 Å². The fraction of sp³-hybridized carbons (Fsp3) is 0.826. The molecule has 0 saturated carbocycles. The molecule has 0 spiro atoms. The van der Waals surface area contributed by atoms with Gasteiger partial charge in [0, 0.05) is 99.5 Å². The lowest BCUT2D eigenvalue weighted by Crippen LogP contribution is -2.69. The largest absolute Gasteiger partial charge is 0.394 e. The minimum atomic E-state index is -4.73. The zero-order valence-corrected chi connectivity index (χ0v) is 65.0. The Morgan fingerprint density at radius 3 is 0.636 bits per heavy atom. The summed E-state index contributed by atoms with van der Waals surface area (Å²) in [5.41, 5.74) is 1.20. The van der Waals surface area contributed by atoms with E-state index in [1.165, 1.54) is 124 Å². The molecule has 2 aromatic carbocycles. The number of hydrogen-bond acceptors (Lipinski definition) is 39. The van der Waals surface area contributed by atoms with Crippen LogP contribution in [0, 0.1) is 0 Å². The highest BCUT2D eigenvalue weighted by molar-refractivity contribution is 7.87. The van der Waals surface area contributed by atoms with Gasteiger partial charge in [-0.2, -0.15) is 16.8 Å². The van der Waals surface area contributed by atoms with Gasteiger partial charge in [0.25, 0.3) is 20.2 Å². The summed E-state index contributed by atoms with van der Waals surface area (Å²) in [6.45, 7) is -5.61. The summed E-state index contributed by atoms with van der Waals surface area (Å²) in [6.07, 6.45) is -49.0. The number of rotatable bonds is 19. The van der Waals surface area contributed by atoms with Gasteiger partial charge in [-0.1, -0.05) is 24.3 Å². The molecule has 23 heterocycles. The number of aliphatic hydroxyl groups excluding tert-OH is 5. The first-order valence-electron chi connectivity index (χ1n) is 35.7. The molecule has 23 aliphatic rings. The van der Waals surface area contributed by atoms with E-state index in [4.69, 9.17) is 141 Å². The van der Waals surface area contributed by atoms with Crippen molar-refractivity contribution in [1.82, 2.24) is 0 Å². The SMILES string of the molecule is CO[C@@H]1[C@@H](OC)[C@H]2O[C@H]3[C@H](OC)[C@@H](OC)[C@@H](O[C@H]4[C@H](OC)[C@@H](OC)[C@H]5O[C@H]6[C@H](OC)[C@@H](OC)[C@@H](O[C@H]7[C@H](OC)[C@@H](OC)[C@@H](O[C@H]8[C@H](OC)[C@@H](OC)[C@@H](O[C@H]9[C@H](OC)[C@@H](OC)[C@@H](O[C@@H]1[C@@H](CO)O2)O[C@@H]9CO)O[C@@H]8COS(=O)(=O)c1ccc(cc1)Cc1ccc(cc1)S(=O)(=O)OC[C@H]4O5)O[C@@H]7CO)O[C@@H]6CO)O[C@@H]3CO. The van der Waals surface area contributed by atoms with Gasteiger partial charge in [0.2, 0.25) is 0 Å². The lowest BCUT2D eigenvalue weighted by Gasteiger charge is -2.52. The maximum absolute atomic E-state index is 14.6. The van der Waals surface area contributed by atoms with Gasteiger partial charge in [0.1, 0.15) is 171 Å². The second kappa shape index (κ2) is 39.5. The van der Waals surface area contributed by atoms with E-state index in [9.17, 15) is 42.4 Å². The minimum absolute atomic E-state index is 0.179. The molecular weight excluding hydrogens is 1520 g/mol. The summed E-state index contributed by atoms with van der Waals surface area (Å²) >= 11 is 0. The predicted molar refractivity (Wildman–Crippen MR) is 363 cm³/mol. The Morgan fingerprint density at radius 2 is 0.445 bits per heavy atom. The van der Waals surface area contributed by atoms with E-state index in [1.807, 2.05) is 0 Å². The van der Waals surface area contributed by atoms with Crippen molar-refractivity contribution in [3.8, 4) is 0 Å². The van der Waals surface area contributed by atoms with Crippen LogP contribution in [0.5, 0.6) is 0 Å². The van der Waals surface area contributed by atoms with E-state index in [1.54, 1.807) is 24.3 Å². The highest BCUT2D eigenvalue weighted by atomic mass is 32.2. The second-order valence-corrected chi connectivity index (χ2v) is 30.4. The van der Waals surface area contributed by atoms with Crippen molar-refractivity contribution in [2.75, 3.05) is 146 Å². The average molecular weight is 1620 g/mol. The molecule has 0 amide bonds. The zero-order valence-electron chi connectivity index (χ0n) is 63.4. The molecule has 5 N–H and O–H groups in total. The number of ether oxygens (including phenoxy) is 28. The summed E-state index contributed by atoms with van der Waals surface area (Å²) in [6, 6.07) is 11.5. The fourth-order valence-electron chi connectivity index (χ4n) is 16.0. The predicted octanol–water partition coefficient (Wildman–Crippen LogP) is -3.34. The van der Waals surface area contributed by atoms with Crippen molar-refractivity contribution >= 4 is 20.2 Å². The molecule has 110 heavy (non-hydrogen) atoms. The van der Waals surface area contributed by atoms with Crippen LogP contribution in [0.15, 0.2) is 58.3 Å². The molecule has 0 aromatic heterocycles. The number of methoxy groups -OCH3 is 14. The minimum Gasteiger partial charge on any atom is -0.394 e. The Labute approximate surface area is 637 Å². The third-order valence-electron chi connectivity index (χ3n) is 21.5. The van der Waals surface area contributed by atoms with Gasteiger partial charge in [0.05, 0.1) is 56.0 Å². The van der Waals surface area contributed by atoms with Crippen LogP contribution in [0.3, 0.4) is 0 Å². The molecule has 20 bridgehead atoms. The molecule has 16 saturated heterocycles. The smallest absolute Gasteiger partial charge is 0.297 e. The Morgan fingerprint density at radius 1 is 0.264 bits per heavy atom. The summed E-state index contributed by atoms with van der Waals surface area (Å²) < 4.78 is 251. The Balaban J connectivity index is 1.07. The van der Waals surface area contributed by atoms with E-state index in [-0.39, 0.29) is 16.2 Å². The van der Waals surface area contributed by atoms with Gasteiger partial charge in [-0.15, -0.1) is 0 Å². The molecule has 0 aliphatic carbocycles. The highest BCUT2D eigenvalue weighted by Gasteiger charge is 2.62. The van der Waals surface area contributed by atoms with Crippen LogP contribution in [0.2, 0.25) is 0 Å². The first-order valence-corrected chi connectivity index (χ1v) is 38.5. The third-order valence-corrected chi connectivity index (χ3v) is 24.1. The standard InChI is InChI=1S/C69H106O39S2/c1-79-49-42-35(24-70)95-63(56(49)86-8)103-43-36(25-71)98-66(59(89-11)50(43)80-2)107-47-40-29-93-109(75,76)33-19-15-31(16-20-33)23-32-17-21-34(22-18-32)110(77,78)94-30-41-48(55(85-7)61(91-13)68(100-41)105-45-38(27-73)96-64(102-42)57(87-9)52(45)82-4)108-67-60(90-12)51(81-3)44(37(26-72)99-67)104-65-58(88-10)53(83-5)46(39(28-74)97-65)106-69(101-40)62(92-14)54(47)84-6/h15-22,35-74H,23-30H2,1-14H3/t35-,36-,37-,38-,39-,40-,41-,42-,43-,44-,45-,46-,47-,48-,49+,50+,51+,52+,53+,54+,55+,56-,57-,58-,59-,60-,61-,62-,63-,64-,65-,66-,67-,68-,69-/m1/s1. The van der Waals surface area contributed by atoms with E-state index in [0.29, 0.717) is 11.1 Å². The number of benzene rings is 2. The Kier molecular flexibility index (Phi) is 31.5. The van der Waals surface area contributed by atoms with Gasteiger partial charge in [-0.3, -0.25) is 8.37 Å². The van der Waals surface area contributed by atoms with Crippen LogP contribution in [-0.2, 0) is 168 Å². The number of hydrogen-bond donors (Lipinski definition) is 5. The molecule has 35 atom stereocenters. The Bertz CT molecular complexity index is 3340. The van der Waals surface area contributed by atoms with Crippen molar-refractivity contribution in [3.63, 3.8) is 0 Å². The van der Waals surface area contributed by atoms with E-state index >= 15 is 0 Å². The average Bonchev–Trinajstić information content (AvgIpc) is 0.774. The van der Waals surface area contributed by atoms with Crippen molar-refractivity contribution in [2.24, 2.45) is 0 Å². The number of aliphatic hydroxyl groups is 5. The molecule has 41 heteroatoms. The van der Waals surface area contributed by atoms with Gasteiger partial charge < -0.3 is 158 Å². The lowest BCUT2D eigenvalue weighted by molar-refractivity contribution is -0.402. The molecule has 0 radical (unpaired) electrons. The van der Waals surface area contributed by atoms with Crippen LogP contribution in [0.25, 0.3) is 0 Å². The van der Waals surface area contributed by atoms with Gasteiger partial charge >= 0.3 is 0 Å². The van der Waals surface area contributed by atoms with Crippen molar-refractivity contribution in [1.29, 1.82) is 0 Å². The molecule has 0 unspecified atom stereocenters. The van der Waals surface area contributed by atoms with Crippen molar-refractivity contribution in [2.45, 2.75) is 231 Å². The summed E-state index contributed by atoms with van der Waals surface area (Å²) in [5, 5.41) is 56.9. The molecule has 25 rings (SSSR count). The first-order chi connectivity index (χ1) is 53.1. The summed E-state index contributed by atoms with van der Waals surface area (Å²) in [5.74, 6) is 0. The zero-order chi connectivity index (χ0) is 79.0. The van der Waals surface area contributed by atoms with Crippen LogP contribution in [0.4, 0.5) is 0 Å². The number of fused-ring (bicyclic) bond motifs is 2. The Hall–Kier alpha value is -3.06. The highest BCUT2D eigenvalue weighted by Crippen LogP contribution is 2.43. The maximum atomic E-state index is 14.6. The topological polar surface area (TPSA) is 446 Å². The van der Waals surface area contributed by atoms with Gasteiger partial charge in [-0.05, 0) is 41.8 Å². The molecule has 39 nitrogen and oxygen atoms in total. The molecule has 2 aromatic rings. The third kappa shape index (κ3) is 18.0. The monoisotopic (exact) mass is 1620 g/mol. The molecular formula is C69H106O39S2. The normalized spacial score (nSPS) is 44.2. The maximum Gasteiger partial charge on any atom is 0.297 e. The van der Waals surface area contributed by atoms with Crippen molar-refractivity contribution in [3.05, 3.63) is 59.7 Å². The van der Waals surface area contributed by atoms with Crippen LogP contribution in [0.1, 0.15) is 11.1 Å². The second-order valence-electron chi connectivity index (χ2n) is 27.2. The molecule has 23 aliphatic heterocycles. The summed E-state index contributed by atoms with van der Waals surface area (Å²) in [7, 11) is 9.11. The fourth-order valence-corrected chi connectivity index (χ4v) is 17.8.